The second-order valence-electron chi connectivity index (χ2n) is 3.08. The largest absolute Gasteiger partial charge is 0.397 e. The maximum Gasteiger partial charge on any atom is 0.101 e. The van der Waals surface area contributed by atoms with Crippen LogP contribution in [0.4, 0.5) is 11.4 Å². The third kappa shape index (κ3) is 1.48. The summed E-state index contributed by atoms with van der Waals surface area (Å²) in [7, 11) is 0. The van der Waals surface area contributed by atoms with Crippen LogP contribution < -0.4 is 11.5 Å². The highest BCUT2D eigenvalue weighted by Gasteiger charge is 2.07. The first-order chi connectivity index (χ1) is 7.22. The Balaban J connectivity index is 2.67. The van der Waals surface area contributed by atoms with Gasteiger partial charge in [0.15, 0.2) is 0 Å². The van der Waals surface area contributed by atoms with E-state index >= 15 is 0 Å². The molecule has 0 aliphatic heterocycles. The molecule has 0 aliphatic rings. The van der Waals surface area contributed by atoms with Crippen molar-refractivity contribution >= 4 is 11.4 Å². The Kier molecular flexibility index (Phi) is 2.03. The number of hydrogen-bond donors (Lipinski definition) is 2. The number of nitrogens with zero attached hydrogens (tertiary/aromatic N) is 3. The molecule has 1 aromatic carbocycles. The summed E-state index contributed by atoms with van der Waals surface area (Å²) >= 11 is 0. The SMILES string of the molecule is N#Cc1cc(N)c(N)cc1-n1ccnc1. The van der Waals surface area contributed by atoms with Crippen LogP contribution in [0.3, 0.4) is 0 Å². The molecule has 2 aromatic rings. The number of nitrogens with two attached hydrogens (primary N) is 2. The molecule has 15 heavy (non-hydrogen) atoms. The zero-order chi connectivity index (χ0) is 10.8. The van der Waals surface area contributed by atoms with Gasteiger partial charge < -0.3 is 16.0 Å². The highest BCUT2D eigenvalue weighted by atomic mass is 15.0. The fourth-order valence-electron chi connectivity index (χ4n) is 1.33. The van der Waals surface area contributed by atoms with E-state index in [4.69, 9.17) is 16.7 Å². The van der Waals surface area contributed by atoms with Crippen molar-refractivity contribution < 1.29 is 0 Å². The molecule has 0 atom stereocenters. The van der Waals surface area contributed by atoms with Crippen molar-refractivity contribution in [2.24, 2.45) is 0 Å². The van der Waals surface area contributed by atoms with Crippen LogP contribution in [0.25, 0.3) is 5.69 Å². The molecule has 0 spiro atoms. The van der Waals surface area contributed by atoms with E-state index in [9.17, 15) is 0 Å². The van der Waals surface area contributed by atoms with Crippen LogP contribution in [0.2, 0.25) is 0 Å². The summed E-state index contributed by atoms with van der Waals surface area (Å²) < 4.78 is 1.72. The molecule has 2 rings (SSSR count). The highest BCUT2D eigenvalue weighted by molar-refractivity contribution is 5.71. The number of rotatable bonds is 1. The Morgan fingerprint density at radius 1 is 1.27 bits per heavy atom. The van der Waals surface area contributed by atoms with Gasteiger partial charge in [0.25, 0.3) is 0 Å². The minimum absolute atomic E-state index is 0.412. The number of aromatic nitrogens is 2. The van der Waals surface area contributed by atoms with Gasteiger partial charge in [0.05, 0.1) is 29.0 Å². The number of nitriles is 1. The summed E-state index contributed by atoms with van der Waals surface area (Å²) in [4.78, 5) is 3.91. The Morgan fingerprint density at radius 3 is 2.60 bits per heavy atom. The summed E-state index contributed by atoms with van der Waals surface area (Å²) in [5.74, 6) is 0. The first-order valence-corrected chi connectivity index (χ1v) is 4.30. The van der Waals surface area contributed by atoms with E-state index in [-0.39, 0.29) is 0 Å². The molecule has 5 heteroatoms. The van der Waals surface area contributed by atoms with Crippen LogP contribution >= 0.6 is 0 Å². The van der Waals surface area contributed by atoms with Crippen LogP contribution in [0, 0.1) is 11.3 Å². The first-order valence-electron chi connectivity index (χ1n) is 4.30. The van der Waals surface area contributed by atoms with E-state index in [0.717, 1.165) is 0 Å². The molecule has 0 radical (unpaired) electrons. The van der Waals surface area contributed by atoms with Crippen molar-refractivity contribution in [3.8, 4) is 11.8 Å². The normalized spacial score (nSPS) is 9.80. The van der Waals surface area contributed by atoms with Gasteiger partial charge in [0.2, 0.25) is 0 Å². The number of imidazole rings is 1. The van der Waals surface area contributed by atoms with Crippen LogP contribution in [-0.4, -0.2) is 9.55 Å². The summed E-state index contributed by atoms with van der Waals surface area (Å²) in [6.07, 6.45) is 4.98. The van der Waals surface area contributed by atoms with Crippen molar-refractivity contribution in [1.29, 1.82) is 5.26 Å². The molecule has 1 heterocycles. The fourth-order valence-corrected chi connectivity index (χ4v) is 1.33. The Bertz CT molecular complexity index is 521. The fraction of sp³-hybridized carbons (Fsp3) is 0. The predicted molar refractivity (Wildman–Crippen MR) is 57.1 cm³/mol. The van der Waals surface area contributed by atoms with Gasteiger partial charge in [-0.15, -0.1) is 0 Å². The van der Waals surface area contributed by atoms with Gasteiger partial charge in [-0.2, -0.15) is 5.26 Å². The second kappa shape index (κ2) is 3.35. The van der Waals surface area contributed by atoms with Gasteiger partial charge in [-0.05, 0) is 12.1 Å². The number of nitrogen functional groups attached to an aromatic ring is 2. The summed E-state index contributed by atoms with van der Waals surface area (Å²) in [5.41, 5.74) is 13.3. The van der Waals surface area contributed by atoms with Crippen molar-refractivity contribution in [3.05, 3.63) is 36.4 Å². The van der Waals surface area contributed by atoms with E-state index in [1.54, 1.807) is 35.4 Å². The zero-order valence-electron chi connectivity index (χ0n) is 7.88. The number of hydrogen-bond acceptors (Lipinski definition) is 4. The average molecular weight is 199 g/mol. The van der Waals surface area contributed by atoms with Gasteiger partial charge >= 0.3 is 0 Å². The number of anilines is 2. The topological polar surface area (TPSA) is 93.6 Å². The van der Waals surface area contributed by atoms with Crippen LogP contribution in [0.5, 0.6) is 0 Å². The molecule has 0 amide bonds. The molecule has 0 saturated heterocycles. The van der Waals surface area contributed by atoms with Gasteiger partial charge in [-0.25, -0.2) is 4.98 Å². The van der Waals surface area contributed by atoms with E-state index in [2.05, 4.69) is 11.1 Å². The lowest BCUT2D eigenvalue weighted by atomic mass is 10.1. The van der Waals surface area contributed by atoms with Gasteiger partial charge in [0, 0.05) is 12.4 Å². The zero-order valence-corrected chi connectivity index (χ0v) is 7.88. The van der Waals surface area contributed by atoms with Crippen molar-refractivity contribution in [2.45, 2.75) is 0 Å². The molecule has 1 aromatic heterocycles. The lowest BCUT2D eigenvalue weighted by molar-refractivity contribution is 1.05. The molecule has 0 unspecified atom stereocenters. The third-order valence-corrected chi connectivity index (χ3v) is 2.10. The lowest BCUT2D eigenvalue weighted by Gasteiger charge is -2.07. The van der Waals surface area contributed by atoms with E-state index in [1.165, 1.54) is 0 Å². The van der Waals surface area contributed by atoms with Crippen LogP contribution in [-0.2, 0) is 0 Å². The molecule has 0 aliphatic carbocycles. The summed E-state index contributed by atoms with van der Waals surface area (Å²) in [6.45, 7) is 0. The summed E-state index contributed by atoms with van der Waals surface area (Å²) in [6, 6.07) is 5.29. The second-order valence-corrected chi connectivity index (χ2v) is 3.08. The first kappa shape index (κ1) is 9.09. The standard InChI is InChI=1S/C10H9N5/c11-5-7-3-8(12)9(13)4-10(7)15-2-1-14-6-15/h1-4,6H,12-13H2. The quantitative estimate of drug-likeness (QED) is 0.667. The van der Waals surface area contributed by atoms with E-state index in [0.29, 0.717) is 22.6 Å². The monoisotopic (exact) mass is 199 g/mol. The molecule has 0 fully saturated rings. The Hall–Kier alpha value is -2.48. The Morgan fingerprint density at radius 2 is 2.00 bits per heavy atom. The van der Waals surface area contributed by atoms with E-state index in [1.807, 2.05) is 0 Å². The molecular formula is C10H9N5. The maximum absolute atomic E-state index is 8.95. The van der Waals surface area contributed by atoms with Gasteiger partial charge in [-0.3, -0.25) is 0 Å². The molecule has 5 nitrogen and oxygen atoms in total. The maximum atomic E-state index is 8.95. The lowest BCUT2D eigenvalue weighted by Crippen LogP contribution is -2.01. The molecule has 4 N–H and O–H groups in total. The summed E-state index contributed by atoms with van der Waals surface area (Å²) in [5, 5.41) is 8.95. The Labute approximate surface area is 86.6 Å². The predicted octanol–water partition coefficient (Wildman–Crippen LogP) is 0.908. The van der Waals surface area contributed by atoms with E-state index < -0.39 is 0 Å². The van der Waals surface area contributed by atoms with Gasteiger partial charge in [0.1, 0.15) is 6.07 Å². The molecule has 0 bridgehead atoms. The molecular weight excluding hydrogens is 190 g/mol. The third-order valence-electron chi connectivity index (χ3n) is 2.10. The van der Waals surface area contributed by atoms with Crippen molar-refractivity contribution in [1.82, 2.24) is 9.55 Å². The molecule has 74 valence electrons. The average Bonchev–Trinajstić information content (AvgIpc) is 2.74. The van der Waals surface area contributed by atoms with Crippen LogP contribution in [0.1, 0.15) is 5.56 Å². The molecule has 0 saturated carbocycles. The minimum atomic E-state index is 0.412. The number of benzene rings is 1. The smallest absolute Gasteiger partial charge is 0.101 e. The minimum Gasteiger partial charge on any atom is -0.397 e. The van der Waals surface area contributed by atoms with Gasteiger partial charge in [-0.1, -0.05) is 0 Å². The van der Waals surface area contributed by atoms with Crippen molar-refractivity contribution in [3.63, 3.8) is 0 Å². The van der Waals surface area contributed by atoms with Crippen molar-refractivity contribution in [2.75, 3.05) is 11.5 Å². The highest BCUT2D eigenvalue weighted by Crippen LogP contribution is 2.23. The van der Waals surface area contributed by atoms with Crippen LogP contribution in [0.15, 0.2) is 30.9 Å².